The molecule has 84 valence electrons. The summed E-state index contributed by atoms with van der Waals surface area (Å²) in [7, 11) is 3.91. The van der Waals surface area contributed by atoms with Gasteiger partial charge in [0.25, 0.3) is 0 Å². The number of nitrogens with zero attached hydrogens (tertiary/aromatic N) is 2. The second kappa shape index (κ2) is 4.49. The standard InChI is InChI=1S/C13H17N3/c1-10-4-6-11(7-5-10)13-8-12(9-14-2)15-16(13)3/h4-8,14H,9H2,1-3H3. The predicted molar refractivity (Wildman–Crippen MR) is 66.1 cm³/mol. The molecule has 1 heterocycles. The van der Waals surface area contributed by atoms with Crippen molar-refractivity contribution < 1.29 is 0 Å². The molecule has 0 aliphatic carbocycles. The third-order valence-electron chi connectivity index (χ3n) is 2.64. The van der Waals surface area contributed by atoms with Crippen molar-refractivity contribution >= 4 is 0 Å². The average Bonchev–Trinajstić information content (AvgIpc) is 2.61. The lowest BCUT2D eigenvalue weighted by Gasteiger charge is -2.01. The van der Waals surface area contributed by atoms with Crippen molar-refractivity contribution in [2.24, 2.45) is 7.05 Å². The van der Waals surface area contributed by atoms with Crippen LogP contribution >= 0.6 is 0 Å². The molecule has 0 unspecified atom stereocenters. The van der Waals surface area contributed by atoms with E-state index in [-0.39, 0.29) is 0 Å². The zero-order valence-electron chi connectivity index (χ0n) is 9.99. The van der Waals surface area contributed by atoms with Gasteiger partial charge in [-0.05, 0) is 25.6 Å². The minimum atomic E-state index is 0.805. The molecule has 0 saturated heterocycles. The van der Waals surface area contributed by atoms with Crippen molar-refractivity contribution in [2.75, 3.05) is 7.05 Å². The van der Waals surface area contributed by atoms with E-state index in [4.69, 9.17) is 0 Å². The van der Waals surface area contributed by atoms with Gasteiger partial charge in [0.05, 0.1) is 11.4 Å². The van der Waals surface area contributed by atoms with Gasteiger partial charge in [0.1, 0.15) is 0 Å². The van der Waals surface area contributed by atoms with Crippen LogP contribution in [0.2, 0.25) is 0 Å². The van der Waals surface area contributed by atoms with Gasteiger partial charge in [-0.2, -0.15) is 5.10 Å². The topological polar surface area (TPSA) is 29.9 Å². The number of aryl methyl sites for hydroxylation is 2. The molecule has 0 fully saturated rings. The number of nitrogens with one attached hydrogen (secondary N) is 1. The van der Waals surface area contributed by atoms with Crippen molar-refractivity contribution in [1.29, 1.82) is 0 Å². The van der Waals surface area contributed by atoms with Crippen LogP contribution in [0.25, 0.3) is 11.3 Å². The van der Waals surface area contributed by atoms with Crippen LogP contribution < -0.4 is 5.32 Å². The fourth-order valence-electron chi connectivity index (χ4n) is 1.79. The van der Waals surface area contributed by atoms with E-state index in [9.17, 15) is 0 Å². The van der Waals surface area contributed by atoms with Gasteiger partial charge in [-0.15, -0.1) is 0 Å². The summed E-state index contributed by atoms with van der Waals surface area (Å²) in [6.45, 7) is 2.90. The minimum Gasteiger partial charge on any atom is -0.314 e. The fraction of sp³-hybridized carbons (Fsp3) is 0.308. The van der Waals surface area contributed by atoms with E-state index in [2.05, 4.69) is 47.7 Å². The zero-order chi connectivity index (χ0) is 11.5. The van der Waals surface area contributed by atoms with Crippen molar-refractivity contribution in [2.45, 2.75) is 13.5 Å². The first-order valence-electron chi connectivity index (χ1n) is 5.45. The Morgan fingerprint density at radius 1 is 1.25 bits per heavy atom. The quantitative estimate of drug-likeness (QED) is 0.850. The highest BCUT2D eigenvalue weighted by molar-refractivity contribution is 5.60. The lowest BCUT2D eigenvalue weighted by molar-refractivity contribution is 0.716. The molecular formula is C13H17N3. The van der Waals surface area contributed by atoms with Gasteiger partial charge in [0.15, 0.2) is 0 Å². The molecule has 3 heteroatoms. The lowest BCUT2D eigenvalue weighted by atomic mass is 10.1. The molecule has 1 aromatic carbocycles. The molecule has 2 aromatic rings. The van der Waals surface area contributed by atoms with Gasteiger partial charge in [-0.25, -0.2) is 0 Å². The first kappa shape index (κ1) is 10.9. The monoisotopic (exact) mass is 215 g/mol. The smallest absolute Gasteiger partial charge is 0.0768 e. The highest BCUT2D eigenvalue weighted by Gasteiger charge is 2.06. The van der Waals surface area contributed by atoms with Crippen LogP contribution in [0.15, 0.2) is 30.3 Å². The summed E-state index contributed by atoms with van der Waals surface area (Å²) >= 11 is 0. The van der Waals surface area contributed by atoms with E-state index in [0.29, 0.717) is 0 Å². The van der Waals surface area contributed by atoms with Crippen molar-refractivity contribution in [3.05, 3.63) is 41.6 Å². The van der Waals surface area contributed by atoms with Crippen LogP contribution in [0.5, 0.6) is 0 Å². The molecule has 0 spiro atoms. The molecule has 16 heavy (non-hydrogen) atoms. The van der Waals surface area contributed by atoms with Gasteiger partial charge in [-0.1, -0.05) is 29.8 Å². The second-order valence-corrected chi connectivity index (χ2v) is 4.04. The Bertz CT molecular complexity index is 468. The molecule has 2 rings (SSSR count). The number of aromatic nitrogens is 2. The first-order chi connectivity index (χ1) is 7.70. The largest absolute Gasteiger partial charge is 0.314 e. The summed E-state index contributed by atoms with van der Waals surface area (Å²) in [6, 6.07) is 10.6. The normalized spacial score (nSPS) is 10.7. The molecule has 0 aliphatic rings. The van der Waals surface area contributed by atoms with E-state index in [0.717, 1.165) is 17.9 Å². The number of hydrogen-bond acceptors (Lipinski definition) is 2. The molecule has 0 amide bonds. The number of benzene rings is 1. The Labute approximate surface area is 96.1 Å². The lowest BCUT2D eigenvalue weighted by Crippen LogP contribution is -2.05. The van der Waals surface area contributed by atoms with Gasteiger partial charge < -0.3 is 5.32 Å². The molecule has 0 saturated carbocycles. The highest BCUT2D eigenvalue weighted by Crippen LogP contribution is 2.20. The molecule has 1 N–H and O–H groups in total. The van der Waals surface area contributed by atoms with Gasteiger partial charge in [-0.3, -0.25) is 4.68 Å². The van der Waals surface area contributed by atoms with Gasteiger partial charge in [0, 0.05) is 13.6 Å². The van der Waals surface area contributed by atoms with E-state index in [1.54, 1.807) is 0 Å². The zero-order valence-corrected chi connectivity index (χ0v) is 9.99. The van der Waals surface area contributed by atoms with Gasteiger partial charge in [0.2, 0.25) is 0 Å². The van der Waals surface area contributed by atoms with Crippen LogP contribution in [0.3, 0.4) is 0 Å². The van der Waals surface area contributed by atoms with E-state index >= 15 is 0 Å². The summed E-state index contributed by atoms with van der Waals surface area (Å²) in [6.07, 6.45) is 0. The van der Waals surface area contributed by atoms with E-state index < -0.39 is 0 Å². The molecule has 0 atom stereocenters. The predicted octanol–water partition coefficient (Wildman–Crippen LogP) is 2.11. The third-order valence-corrected chi connectivity index (χ3v) is 2.64. The Kier molecular flexibility index (Phi) is 3.06. The maximum Gasteiger partial charge on any atom is 0.0768 e. The summed E-state index contributed by atoms with van der Waals surface area (Å²) < 4.78 is 1.93. The molecule has 3 nitrogen and oxygen atoms in total. The third kappa shape index (κ3) is 2.14. The average molecular weight is 215 g/mol. The van der Waals surface area contributed by atoms with E-state index in [1.807, 2.05) is 18.8 Å². The summed E-state index contributed by atoms with van der Waals surface area (Å²) in [4.78, 5) is 0. The van der Waals surface area contributed by atoms with Crippen LogP contribution in [0.1, 0.15) is 11.3 Å². The Morgan fingerprint density at radius 2 is 1.94 bits per heavy atom. The second-order valence-electron chi connectivity index (χ2n) is 4.04. The van der Waals surface area contributed by atoms with Crippen molar-refractivity contribution in [1.82, 2.24) is 15.1 Å². The van der Waals surface area contributed by atoms with Crippen molar-refractivity contribution in [3.63, 3.8) is 0 Å². The first-order valence-corrected chi connectivity index (χ1v) is 5.45. The minimum absolute atomic E-state index is 0.805. The maximum absolute atomic E-state index is 4.45. The van der Waals surface area contributed by atoms with Crippen LogP contribution in [-0.2, 0) is 13.6 Å². The Morgan fingerprint density at radius 3 is 2.56 bits per heavy atom. The summed E-state index contributed by atoms with van der Waals surface area (Å²) in [5.74, 6) is 0. The highest BCUT2D eigenvalue weighted by atomic mass is 15.3. The molecule has 1 aromatic heterocycles. The SMILES string of the molecule is CNCc1cc(-c2ccc(C)cc2)n(C)n1. The van der Waals surface area contributed by atoms with E-state index in [1.165, 1.54) is 11.1 Å². The molecular weight excluding hydrogens is 198 g/mol. The van der Waals surface area contributed by atoms with Crippen LogP contribution in [0.4, 0.5) is 0 Å². The maximum atomic E-state index is 4.45. The summed E-state index contributed by atoms with van der Waals surface area (Å²) in [5, 5.41) is 7.56. The van der Waals surface area contributed by atoms with Crippen LogP contribution in [-0.4, -0.2) is 16.8 Å². The number of rotatable bonds is 3. The number of hydrogen-bond donors (Lipinski definition) is 1. The Balaban J connectivity index is 2.36. The fourth-order valence-corrected chi connectivity index (χ4v) is 1.79. The van der Waals surface area contributed by atoms with Crippen LogP contribution in [0, 0.1) is 6.92 Å². The Hall–Kier alpha value is -1.61. The van der Waals surface area contributed by atoms with Crippen molar-refractivity contribution in [3.8, 4) is 11.3 Å². The molecule has 0 radical (unpaired) electrons. The summed E-state index contributed by atoms with van der Waals surface area (Å²) in [5.41, 5.74) is 4.72. The molecule has 0 bridgehead atoms. The van der Waals surface area contributed by atoms with Gasteiger partial charge >= 0.3 is 0 Å². The molecule has 0 aliphatic heterocycles.